The van der Waals surface area contributed by atoms with E-state index in [1.165, 1.54) is 6.92 Å². The van der Waals surface area contributed by atoms with Gasteiger partial charge in [0.05, 0.1) is 17.2 Å². The molecule has 0 atom stereocenters. The summed E-state index contributed by atoms with van der Waals surface area (Å²) in [4.78, 5) is 16.0. The number of aromatic nitrogens is 4. The van der Waals surface area contributed by atoms with E-state index in [0.717, 1.165) is 12.3 Å². The number of aryl methyl sites for hydroxylation is 1. The van der Waals surface area contributed by atoms with Crippen molar-refractivity contribution in [3.8, 4) is 0 Å². The molecule has 0 aliphatic heterocycles. The van der Waals surface area contributed by atoms with Crippen molar-refractivity contribution in [1.82, 2.24) is 19.7 Å². The van der Waals surface area contributed by atoms with Crippen molar-refractivity contribution in [3.05, 3.63) is 45.3 Å². The van der Waals surface area contributed by atoms with E-state index in [1.54, 1.807) is 0 Å². The van der Waals surface area contributed by atoms with Crippen molar-refractivity contribution >= 4 is 5.69 Å². The lowest BCUT2D eigenvalue weighted by Crippen LogP contribution is -2.17. The largest absolute Gasteiger partial charge is 0.453 e. The zero-order valence-electron chi connectivity index (χ0n) is 11.7. The van der Waals surface area contributed by atoms with E-state index < -0.39 is 35.5 Å². The van der Waals surface area contributed by atoms with E-state index in [2.05, 4.69) is 15.1 Å². The number of halogens is 6. The SMILES string of the molecule is Cc1cc(Cn2nc(C(F)(F)F)nc2C(F)(F)F)ncc1[N+](=O)[O-]. The number of alkyl halides is 6. The summed E-state index contributed by atoms with van der Waals surface area (Å²) >= 11 is 0. The molecule has 2 aromatic heterocycles. The van der Waals surface area contributed by atoms with Crippen LogP contribution in [0, 0.1) is 17.0 Å². The molecule has 0 radical (unpaired) electrons. The van der Waals surface area contributed by atoms with E-state index in [9.17, 15) is 36.5 Å². The fourth-order valence-electron chi connectivity index (χ4n) is 1.82. The number of nitro groups is 1. The van der Waals surface area contributed by atoms with Crippen LogP contribution in [-0.2, 0) is 18.9 Å². The molecule has 0 bridgehead atoms. The van der Waals surface area contributed by atoms with E-state index in [1.807, 2.05) is 0 Å². The molecule has 24 heavy (non-hydrogen) atoms. The summed E-state index contributed by atoms with van der Waals surface area (Å²) in [6, 6.07) is 1.09. The van der Waals surface area contributed by atoms with Gasteiger partial charge >= 0.3 is 12.4 Å². The monoisotopic (exact) mass is 355 g/mol. The van der Waals surface area contributed by atoms with Gasteiger partial charge in [0.1, 0.15) is 6.20 Å². The Morgan fingerprint density at radius 3 is 2.29 bits per heavy atom. The van der Waals surface area contributed by atoms with Gasteiger partial charge < -0.3 is 0 Å². The first-order valence-corrected chi connectivity index (χ1v) is 6.08. The summed E-state index contributed by atoms with van der Waals surface area (Å²) in [6.07, 6.45) is -9.50. The van der Waals surface area contributed by atoms with Gasteiger partial charge in [0.25, 0.3) is 11.5 Å². The maximum atomic E-state index is 12.8. The van der Waals surface area contributed by atoms with Crippen LogP contribution >= 0.6 is 0 Å². The molecule has 0 unspecified atom stereocenters. The average molecular weight is 355 g/mol. The highest BCUT2D eigenvalue weighted by Gasteiger charge is 2.44. The molecule has 13 heteroatoms. The number of nitrogens with zero attached hydrogens (tertiary/aromatic N) is 5. The summed E-state index contributed by atoms with van der Waals surface area (Å²) in [5.74, 6) is -3.78. The molecule has 0 aromatic carbocycles. The van der Waals surface area contributed by atoms with Gasteiger partial charge in [-0.15, -0.1) is 5.10 Å². The Balaban J connectivity index is 2.44. The third-order valence-electron chi connectivity index (χ3n) is 2.83. The second-order valence-electron chi connectivity index (χ2n) is 4.63. The first-order chi connectivity index (χ1) is 10.9. The first kappa shape index (κ1) is 17.6. The summed E-state index contributed by atoms with van der Waals surface area (Å²) in [7, 11) is 0. The highest BCUT2D eigenvalue weighted by Crippen LogP contribution is 2.32. The van der Waals surface area contributed by atoms with Crippen LogP contribution in [0.5, 0.6) is 0 Å². The van der Waals surface area contributed by atoms with Gasteiger partial charge in [0, 0.05) is 5.56 Å². The Bertz CT molecular complexity index is 782. The molecule has 0 saturated carbocycles. The summed E-state index contributed by atoms with van der Waals surface area (Å²) in [5, 5.41) is 13.5. The van der Waals surface area contributed by atoms with Crippen molar-refractivity contribution in [2.45, 2.75) is 25.8 Å². The lowest BCUT2D eigenvalue weighted by atomic mass is 10.2. The lowest BCUT2D eigenvalue weighted by Gasteiger charge is -2.08. The van der Waals surface area contributed by atoms with Gasteiger partial charge in [-0.05, 0) is 13.0 Å². The molecule has 0 fully saturated rings. The average Bonchev–Trinajstić information content (AvgIpc) is 2.82. The highest BCUT2D eigenvalue weighted by atomic mass is 19.4. The molecule has 130 valence electrons. The maximum Gasteiger partial charge on any atom is 0.453 e. The van der Waals surface area contributed by atoms with E-state index in [-0.39, 0.29) is 21.6 Å². The predicted octanol–water partition coefficient (Wildman–Crippen LogP) is 2.98. The molecule has 2 heterocycles. The molecule has 0 saturated heterocycles. The van der Waals surface area contributed by atoms with Gasteiger partial charge in [-0.3, -0.25) is 15.1 Å². The molecule has 7 nitrogen and oxygen atoms in total. The van der Waals surface area contributed by atoms with E-state index in [0.29, 0.717) is 0 Å². The molecule has 2 aromatic rings. The van der Waals surface area contributed by atoms with Crippen molar-refractivity contribution < 1.29 is 31.3 Å². The molecule has 0 aliphatic carbocycles. The zero-order valence-corrected chi connectivity index (χ0v) is 11.7. The number of rotatable bonds is 3. The smallest absolute Gasteiger partial charge is 0.258 e. The molecule has 0 N–H and O–H groups in total. The second kappa shape index (κ2) is 5.72. The van der Waals surface area contributed by atoms with Crippen molar-refractivity contribution in [3.63, 3.8) is 0 Å². The van der Waals surface area contributed by atoms with Gasteiger partial charge in [0.15, 0.2) is 0 Å². The lowest BCUT2D eigenvalue weighted by molar-refractivity contribution is -0.385. The van der Waals surface area contributed by atoms with Crippen LogP contribution in [0.3, 0.4) is 0 Å². The van der Waals surface area contributed by atoms with Crippen LogP contribution in [-0.4, -0.2) is 24.7 Å². The molecular formula is C11H7F6N5O2. The quantitative estimate of drug-likeness (QED) is 0.480. The van der Waals surface area contributed by atoms with Crippen molar-refractivity contribution in [2.24, 2.45) is 0 Å². The maximum absolute atomic E-state index is 12.8. The predicted molar refractivity (Wildman–Crippen MR) is 64.8 cm³/mol. The van der Waals surface area contributed by atoms with Gasteiger partial charge in [-0.2, -0.15) is 31.3 Å². The van der Waals surface area contributed by atoms with Gasteiger partial charge in [-0.25, -0.2) is 4.68 Å². The number of hydrogen-bond donors (Lipinski definition) is 0. The Kier molecular flexibility index (Phi) is 4.20. The van der Waals surface area contributed by atoms with Crippen molar-refractivity contribution in [2.75, 3.05) is 0 Å². The molecule has 0 amide bonds. The summed E-state index contributed by atoms with van der Waals surface area (Å²) in [5.41, 5.74) is -0.415. The van der Waals surface area contributed by atoms with Crippen LogP contribution in [0.4, 0.5) is 32.0 Å². The van der Waals surface area contributed by atoms with Crippen LogP contribution in [0.15, 0.2) is 12.3 Å². The molecular weight excluding hydrogens is 348 g/mol. The highest BCUT2D eigenvalue weighted by molar-refractivity contribution is 5.37. The van der Waals surface area contributed by atoms with Crippen LogP contribution in [0.1, 0.15) is 22.9 Å². The fraction of sp³-hybridized carbons (Fsp3) is 0.364. The molecule has 0 aliphatic rings. The van der Waals surface area contributed by atoms with E-state index >= 15 is 0 Å². The Morgan fingerprint density at radius 2 is 1.83 bits per heavy atom. The topological polar surface area (TPSA) is 86.7 Å². The fourth-order valence-corrected chi connectivity index (χ4v) is 1.82. The molecule has 2 rings (SSSR count). The Labute approximate surface area is 129 Å². The zero-order chi connectivity index (χ0) is 18.3. The third-order valence-corrected chi connectivity index (χ3v) is 2.83. The summed E-state index contributed by atoms with van der Waals surface area (Å²) < 4.78 is 76.0. The minimum Gasteiger partial charge on any atom is -0.258 e. The van der Waals surface area contributed by atoms with Gasteiger partial charge in [-0.1, -0.05) is 0 Å². The summed E-state index contributed by atoms with van der Waals surface area (Å²) in [6.45, 7) is 0.535. The van der Waals surface area contributed by atoms with E-state index in [4.69, 9.17) is 0 Å². The number of hydrogen-bond acceptors (Lipinski definition) is 5. The molecule has 0 spiro atoms. The van der Waals surface area contributed by atoms with Crippen LogP contribution in [0.2, 0.25) is 0 Å². The van der Waals surface area contributed by atoms with Crippen molar-refractivity contribution in [1.29, 1.82) is 0 Å². The first-order valence-electron chi connectivity index (χ1n) is 6.08. The minimum atomic E-state index is -5.16. The normalized spacial score (nSPS) is 12.5. The second-order valence-corrected chi connectivity index (χ2v) is 4.63. The number of pyridine rings is 1. The Morgan fingerprint density at radius 1 is 1.21 bits per heavy atom. The van der Waals surface area contributed by atoms with Gasteiger partial charge in [0.2, 0.25) is 5.82 Å². The van der Waals surface area contributed by atoms with Crippen LogP contribution < -0.4 is 0 Å². The Hall–Kier alpha value is -2.73. The third kappa shape index (κ3) is 3.60. The van der Waals surface area contributed by atoms with Crippen LogP contribution in [0.25, 0.3) is 0 Å². The minimum absolute atomic E-state index is 0.0103. The standard InChI is InChI=1S/C11H7F6N5O2/c1-5-2-6(18-3-7(5)22(23)24)4-21-9(11(15,16)17)19-8(20-21)10(12,13)14/h2-3H,4H2,1H3.